The fourth-order valence-electron chi connectivity index (χ4n) is 2.08. The van der Waals surface area contributed by atoms with Crippen molar-refractivity contribution in [2.24, 2.45) is 0 Å². The number of carboxylic acids is 1. The number of aliphatic carboxylic acids is 1. The summed E-state index contributed by atoms with van der Waals surface area (Å²) >= 11 is 0. The molecule has 7 nitrogen and oxygen atoms in total. The number of urea groups is 1. The van der Waals surface area contributed by atoms with Crippen molar-refractivity contribution in [3.8, 4) is 0 Å². The van der Waals surface area contributed by atoms with E-state index in [2.05, 4.69) is 5.32 Å². The van der Waals surface area contributed by atoms with E-state index < -0.39 is 18.0 Å². The Kier molecular flexibility index (Phi) is 4.29. The standard InChI is InChI=1S/C13H18N2O5/c1-8-3-4-11(20-8)9(2)14-13(18)15-5-6-19-7-10(15)12(16)17/h3-4,9-10H,5-7H2,1-2H3,(H,14,18)(H,16,17). The molecule has 0 radical (unpaired) electrons. The predicted octanol–water partition coefficient (Wildman–Crippen LogP) is 1.14. The summed E-state index contributed by atoms with van der Waals surface area (Å²) in [5, 5.41) is 11.8. The second kappa shape index (κ2) is 5.96. The molecule has 0 bridgehead atoms. The zero-order chi connectivity index (χ0) is 14.7. The highest BCUT2D eigenvalue weighted by atomic mass is 16.5. The van der Waals surface area contributed by atoms with Crippen molar-refractivity contribution in [2.45, 2.75) is 25.9 Å². The zero-order valence-electron chi connectivity index (χ0n) is 11.5. The average molecular weight is 282 g/mol. The molecule has 0 saturated carbocycles. The predicted molar refractivity (Wildman–Crippen MR) is 69.3 cm³/mol. The lowest BCUT2D eigenvalue weighted by atomic mass is 10.2. The molecule has 2 N–H and O–H groups in total. The first-order valence-corrected chi connectivity index (χ1v) is 6.43. The molecule has 2 rings (SSSR count). The maximum Gasteiger partial charge on any atom is 0.328 e. The van der Waals surface area contributed by atoms with Crippen LogP contribution in [-0.2, 0) is 9.53 Å². The Labute approximate surface area is 116 Å². The number of morpholine rings is 1. The third kappa shape index (κ3) is 3.11. The maximum absolute atomic E-state index is 12.2. The van der Waals surface area contributed by atoms with Gasteiger partial charge < -0.3 is 24.5 Å². The van der Waals surface area contributed by atoms with Crippen molar-refractivity contribution >= 4 is 12.0 Å². The number of hydrogen-bond acceptors (Lipinski definition) is 4. The summed E-state index contributed by atoms with van der Waals surface area (Å²) in [5.74, 6) is 0.327. The lowest BCUT2D eigenvalue weighted by Gasteiger charge is -2.33. The van der Waals surface area contributed by atoms with Gasteiger partial charge in [0.25, 0.3) is 0 Å². The quantitative estimate of drug-likeness (QED) is 0.867. The van der Waals surface area contributed by atoms with Crippen molar-refractivity contribution < 1.29 is 23.8 Å². The van der Waals surface area contributed by atoms with Gasteiger partial charge in [-0.1, -0.05) is 0 Å². The number of carboxylic acid groups (broad SMARTS) is 1. The molecule has 20 heavy (non-hydrogen) atoms. The molecule has 1 aromatic heterocycles. The van der Waals surface area contributed by atoms with E-state index in [1.54, 1.807) is 13.0 Å². The summed E-state index contributed by atoms with van der Waals surface area (Å²) in [4.78, 5) is 24.5. The fraction of sp³-hybridized carbons (Fsp3) is 0.538. The number of carbonyl (C=O) groups is 2. The highest BCUT2D eigenvalue weighted by molar-refractivity contribution is 5.83. The highest BCUT2D eigenvalue weighted by Crippen LogP contribution is 2.16. The number of hydrogen-bond donors (Lipinski definition) is 2. The molecule has 2 unspecified atom stereocenters. The molecular formula is C13H18N2O5. The van der Waals surface area contributed by atoms with Gasteiger partial charge in [0.1, 0.15) is 11.5 Å². The molecule has 2 atom stereocenters. The van der Waals surface area contributed by atoms with Crippen molar-refractivity contribution in [2.75, 3.05) is 19.8 Å². The molecule has 1 aromatic rings. The van der Waals surface area contributed by atoms with Crippen LogP contribution in [0.25, 0.3) is 0 Å². The van der Waals surface area contributed by atoms with Gasteiger partial charge in [-0.3, -0.25) is 0 Å². The second-order valence-corrected chi connectivity index (χ2v) is 4.74. The number of amides is 2. The van der Waals surface area contributed by atoms with Crippen molar-refractivity contribution in [3.05, 3.63) is 23.7 Å². The van der Waals surface area contributed by atoms with Crippen LogP contribution in [0.3, 0.4) is 0 Å². The molecule has 7 heteroatoms. The normalized spacial score (nSPS) is 20.5. The van der Waals surface area contributed by atoms with Crippen LogP contribution >= 0.6 is 0 Å². The first-order valence-electron chi connectivity index (χ1n) is 6.43. The molecule has 1 saturated heterocycles. The Bertz CT molecular complexity index is 499. The lowest BCUT2D eigenvalue weighted by Crippen LogP contribution is -2.55. The Balaban J connectivity index is 2.01. The number of carbonyl (C=O) groups excluding carboxylic acids is 1. The SMILES string of the molecule is Cc1ccc(C(C)NC(=O)N2CCOCC2C(=O)O)o1. The molecule has 1 aliphatic heterocycles. The second-order valence-electron chi connectivity index (χ2n) is 4.74. The van der Waals surface area contributed by atoms with E-state index in [9.17, 15) is 9.59 Å². The van der Waals surface area contributed by atoms with Crippen LogP contribution in [0, 0.1) is 6.92 Å². The molecule has 1 aliphatic rings. The van der Waals surface area contributed by atoms with Crippen molar-refractivity contribution in [1.29, 1.82) is 0 Å². The number of ether oxygens (including phenoxy) is 1. The summed E-state index contributed by atoms with van der Waals surface area (Å²) in [6, 6.07) is 1.89. The third-order valence-electron chi connectivity index (χ3n) is 3.20. The van der Waals surface area contributed by atoms with Gasteiger partial charge in [0, 0.05) is 6.54 Å². The van der Waals surface area contributed by atoms with Crippen LogP contribution in [-0.4, -0.2) is 47.8 Å². The summed E-state index contributed by atoms with van der Waals surface area (Å²) in [5.41, 5.74) is 0. The fourth-order valence-corrected chi connectivity index (χ4v) is 2.08. The number of nitrogens with one attached hydrogen (secondary N) is 1. The molecule has 0 aliphatic carbocycles. The van der Waals surface area contributed by atoms with Crippen molar-refractivity contribution in [3.63, 3.8) is 0 Å². The monoisotopic (exact) mass is 282 g/mol. The molecule has 2 heterocycles. The number of furan rings is 1. The maximum atomic E-state index is 12.2. The van der Waals surface area contributed by atoms with Gasteiger partial charge in [0.15, 0.2) is 6.04 Å². The smallest absolute Gasteiger partial charge is 0.328 e. The minimum Gasteiger partial charge on any atom is -0.480 e. The number of nitrogens with zero attached hydrogens (tertiary/aromatic N) is 1. The van der Waals surface area contributed by atoms with E-state index in [0.717, 1.165) is 5.76 Å². The van der Waals surface area contributed by atoms with Crippen LogP contribution < -0.4 is 5.32 Å². The molecular weight excluding hydrogens is 264 g/mol. The first-order chi connectivity index (χ1) is 9.49. The molecule has 110 valence electrons. The minimum atomic E-state index is -1.07. The largest absolute Gasteiger partial charge is 0.480 e. The van der Waals surface area contributed by atoms with Gasteiger partial charge in [-0.25, -0.2) is 9.59 Å². The van der Waals surface area contributed by atoms with E-state index in [-0.39, 0.29) is 19.2 Å². The van der Waals surface area contributed by atoms with Crippen LogP contribution in [0.2, 0.25) is 0 Å². The van der Waals surface area contributed by atoms with Gasteiger partial charge in [-0.05, 0) is 26.0 Å². The van der Waals surface area contributed by atoms with Gasteiger partial charge in [0.05, 0.1) is 19.3 Å². The van der Waals surface area contributed by atoms with Crippen LogP contribution in [0.15, 0.2) is 16.5 Å². The van der Waals surface area contributed by atoms with E-state index in [1.165, 1.54) is 4.90 Å². The van der Waals surface area contributed by atoms with E-state index in [1.807, 2.05) is 13.0 Å². The Morgan fingerprint density at radius 3 is 2.85 bits per heavy atom. The van der Waals surface area contributed by atoms with Gasteiger partial charge >= 0.3 is 12.0 Å². The van der Waals surface area contributed by atoms with Crippen LogP contribution in [0.5, 0.6) is 0 Å². The Morgan fingerprint density at radius 2 is 2.25 bits per heavy atom. The lowest BCUT2D eigenvalue weighted by molar-refractivity contribution is -0.147. The molecule has 0 aromatic carbocycles. The Morgan fingerprint density at radius 1 is 1.50 bits per heavy atom. The summed E-state index contributed by atoms with van der Waals surface area (Å²) < 4.78 is 10.5. The van der Waals surface area contributed by atoms with Crippen LogP contribution in [0.1, 0.15) is 24.5 Å². The van der Waals surface area contributed by atoms with E-state index in [0.29, 0.717) is 12.4 Å². The van der Waals surface area contributed by atoms with Gasteiger partial charge in [-0.2, -0.15) is 0 Å². The van der Waals surface area contributed by atoms with Gasteiger partial charge in [0.2, 0.25) is 0 Å². The Hall–Kier alpha value is -2.02. The van der Waals surface area contributed by atoms with E-state index in [4.69, 9.17) is 14.3 Å². The summed E-state index contributed by atoms with van der Waals surface area (Å²) in [7, 11) is 0. The molecule has 0 spiro atoms. The average Bonchev–Trinajstić information content (AvgIpc) is 2.85. The number of rotatable bonds is 3. The molecule has 2 amide bonds. The van der Waals surface area contributed by atoms with Crippen molar-refractivity contribution in [1.82, 2.24) is 10.2 Å². The summed E-state index contributed by atoms with van der Waals surface area (Å²) in [6.45, 7) is 4.21. The van der Waals surface area contributed by atoms with Crippen LogP contribution in [0.4, 0.5) is 4.79 Å². The highest BCUT2D eigenvalue weighted by Gasteiger charge is 2.33. The molecule has 1 fully saturated rings. The topological polar surface area (TPSA) is 92.0 Å². The minimum absolute atomic E-state index is 0.0109. The van der Waals surface area contributed by atoms with Gasteiger partial charge in [-0.15, -0.1) is 0 Å². The summed E-state index contributed by atoms with van der Waals surface area (Å²) in [6.07, 6.45) is 0. The number of aryl methyl sites for hydroxylation is 1. The zero-order valence-corrected chi connectivity index (χ0v) is 11.5. The third-order valence-corrected chi connectivity index (χ3v) is 3.20. The first kappa shape index (κ1) is 14.4. The van der Waals surface area contributed by atoms with E-state index >= 15 is 0 Å².